The SMILES string of the molecule is O=C1NC2(CCCCCC2)C(=O)N1Cc1cc(Cl)c2c(c1)OCCCO2. The highest BCUT2D eigenvalue weighted by molar-refractivity contribution is 6.32. The Kier molecular flexibility index (Phi) is 4.69. The maximum Gasteiger partial charge on any atom is 0.325 e. The first kappa shape index (κ1) is 17.5. The second-order valence-electron chi connectivity index (χ2n) is 7.27. The minimum Gasteiger partial charge on any atom is -0.489 e. The van der Waals surface area contributed by atoms with Gasteiger partial charge in [0, 0.05) is 6.42 Å². The summed E-state index contributed by atoms with van der Waals surface area (Å²) in [6, 6.07) is 3.24. The second kappa shape index (κ2) is 6.99. The summed E-state index contributed by atoms with van der Waals surface area (Å²) in [5.41, 5.74) is 0.0382. The molecule has 1 spiro atoms. The molecule has 1 N–H and O–H groups in total. The van der Waals surface area contributed by atoms with E-state index in [0.29, 0.717) is 29.7 Å². The highest BCUT2D eigenvalue weighted by Crippen LogP contribution is 2.39. The van der Waals surface area contributed by atoms with Gasteiger partial charge in [-0.3, -0.25) is 9.69 Å². The van der Waals surface area contributed by atoms with E-state index < -0.39 is 5.54 Å². The Morgan fingerprint density at radius 2 is 1.77 bits per heavy atom. The lowest BCUT2D eigenvalue weighted by Gasteiger charge is -2.24. The molecule has 1 aromatic carbocycles. The molecule has 0 radical (unpaired) electrons. The maximum absolute atomic E-state index is 13.0. The number of nitrogens with zero attached hydrogens (tertiary/aromatic N) is 1. The predicted molar refractivity (Wildman–Crippen MR) is 96.6 cm³/mol. The molecule has 7 heteroatoms. The number of imide groups is 1. The van der Waals surface area contributed by atoms with E-state index in [1.165, 1.54) is 4.90 Å². The molecule has 1 aromatic rings. The first-order chi connectivity index (χ1) is 12.6. The molecule has 2 aliphatic heterocycles. The van der Waals surface area contributed by atoms with Crippen molar-refractivity contribution in [3.63, 3.8) is 0 Å². The molecule has 2 heterocycles. The molecule has 0 atom stereocenters. The summed E-state index contributed by atoms with van der Waals surface area (Å²) >= 11 is 6.33. The number of carbonyl (C=O) groups is 2. The molecule has 3 amide bonds. The quantitative estimate of drug-likeness (QED) is 0.798. The van der Waals surface area contributed by atoms with Crippen LogP contribution in [0.4, 0.5) is 4.79 Å². The van der Waals surface area contributed by atoms with Gasteiger partial charge in [-0.15, -0.1) is 0 Å². The summed E-state index contributed by atoms with van der Waals surface area (Å²) in [6.07, 6.45) is 6.39. The van der Waals surface area contributed by atoms with Gasteiger partial charge in [0.1, 0.15) is 5.54 Å². The number of hydrogen-bond donors (Lipinski definition) is 1. The summed E-state index contributed by atoms with van der Waals surface area (Å²) in [5, 5.41) is 3.41. The summed E-state index contributed by atoms with van der Waals surface area (Å²) in [6.45, 7) is 1.30. The first-order valence-electron chi connectivity index (χ1n) is 9.31. The van der Waals surface area contributed by atoms with Gasteiger partial charge in [0.25, 0.3) is 5.91 Å². The van der Waals surface area contributed by atoms with Crippen LogP contribution in [0.2, 0.25) is 5.02 Å². The smallest absolute Gasteiger partial charge is 0.325 e. The summed E-state index contributed by atoms with van der Waals surface area (Å²) in [7, 11) is 0. The predicted octanol–water partition coefficient (Wildman–Crippen LogP) is 3.65. The van der Waals surface area contributed by atoms with Crippen LogP contribution in [0, 0.1) is 0 Å². The van der Waals surface area contributed by atoms with Gasteiger partial charge in [0.15, 0.2) is 11.5 Å². The Morgan fingerprint density at radius 1 is 1.04 bits per heavy atom. The number of benzene rings is 1. The topological polar surface area (TPSA) is 67.9 Å². The third-order valence-corrected chi connectivity index (χ3v) is 5.69. The molecule has 26 heavy (non-hydrogen) atoms. The van der Waals surface area contributed by atoms with Crippen molar-refractivity contribution >= 4 is 23.5 Å². The van der Waals surface area contributed by atoms with Crippen molar-refractivity contribution in [3.05, 3.63) is 22.7 Å². The van der Waals surface area contributed by atoms with Gasteiger partial charge in [0.2, 0.25) is 0 Å². The van der Waals surface area contributed by atoms with Crippen LogP contribution < -0.4 is 14.8 Å². The van der Waals surface area contributed by atoms with Crippen molar-refractivity contribution < 1.29 is 19.1 Å². The Bertz CT molecular complexity index is 728. The largest absolute Gasteiger partial charge is 0.489 e. The molecule has 140 valence electrons. The van der Waals surface area contributed by atoms with Crippen LogP contribution in [-0.2, 0) is 11.3 Å². The minimum atomic E-state index is -0.720. The van der Waals surface area contributed by atoms with Gasteiger partial charge < -0.3 is 14.8 Å². The van der Waals surface area contributed by atoms with E-state index >= 15 is 0 Å². The molecule has 6 nitrogen and oxygen atoms in total. The number of carbonyl (C=O) groups excluding carboxylic acids is 2. The molecule has 1 aliphatic carbocycles. The summed E-state index contributed by atoms with van der Waals surface area (Å²) in [5.74, 6) is 0.985. The zero-order valence-corrected chi connectivity index (χ0v) is 15.4. The monoisotopic (exact) mass is 378 g/mol. The number of hydrogen-bond acceptors (Lipinski definition) is 4. The summed E-state index contributed by atoms with van der Waals surface area (Å²) < 4.78 is 11.3. The van der Waals surface area contributed by atoms with E-state index in [9.17, 15) is 9.59 Å². The van der Waals surface area contributed by atoms with E-state index in [2.05, 4.69) is 5.32 Å². The molecule has 0 bridgehead atoms. The fourth-order valence-corrected chi connectivity index (χ4v) is 4.34. The van der Waals surface area contributed by atoms with E-state index in [0.717, 1.165) is 50.5 Å². The van der Waals surface area contributed by atoms with Crippen LogP contribution >= 0.6 is 11.6 Å². The summed E-state index contributed by atoms with van der Waals surface area (Å²) in [4.78, 5) is 26.8. The number of fused-ring (bicyclic) bond motifs is 1. The van der Waals surface area contributed by atoms with Crippen molar-refractivity contribution in [1.29, 1.82) is 0 Å². The van der Waals surface area contributed by atoms with E-state index in [1.54, 1.807) is 6.07 Å². The van der Waals surface area contributed by atoms with Crippen molar-refractivity contribution in [1.82, 2.24) is 10.2 Å². The van der Waals surface area contributed by atoms with Gasteiger partial charge in [0.05, 0.1) is 24.8 Å². The van der Waals surface area contributed by atoms with Crippen molar-refractivity contribution in [2.45, 2.75) is 57.0 Å². The first-order valence-corrected chi connectivity index (χ1v) is 9.69. The molecule has 1 saturated heterocycles. The molecular formula is C19H23ClN2O4. The Hall–Kier alpha value is -1.95. The van der Waals surface area contributed by atoms with Crippen LogP contribution in [0.1, 0.15) is 50.5 Å². The number of urea groups is 1. The highest BCUT2D eigenvalue weighted by atomic mass is 35.5. The number of amides is 3. The van der Waals surface area contributed by atoms with Crippen LogP contribution in [0.5, 0.6) is 11.5 Å². The third-order valence-electron chi connectivity index (χ3n) is 5.41. The Labute approximate surface area is 157 Å². The highest BCUT2D eigenvalue weighted by Gasteiger charge is 2.50. The average Bonchev–Trinajstić information content (AvgIpc) is 2.89. The van der Waals surface area contributed by atoms with Gasteiger partial charge >= 0.3 is 6.03 Å². The third kappa shape index (κ3) is 3.11. The molecule has 0 unspecified atom stereocenters. The minimum absolute atomic E-state index is 0.118. The molecule has 4 rings (SSSR count). The number of ether oxygens (including phenoxy) is 2. The molecule has 0 aromatic heterocycles. The van der Waals surface area contributed by atoms with Gasteiger partial charge in [-0.1, -0.05) is 37.3 Å². The normalized spacial score (nSPS) is 22.1. The fourth-order valence-electron chi connectivity index (χ4n) is 4.05. The maximum atomic E-state index is 13.0. The Balaban J connectivity index is 1.57. The molecule has 2 fully saturated rings. The lowest BCUT2D eigenvalue weighted by molar-refractivity contribution is -0.132. The Morgan fingerprint density at radius 3 is 2.54 bits per heavy atom. The average molecular weight is 379 g/mol. The molecule has 3 aliphatic rings. The lowest BCUT2D eigenvalue weighted by atomic mass is 9.90. The van der Waals surface area contributed by atoms with E-state index in [1.807, 2.05) is 6.07 Å². The van der Waals surface area contributed by atoms with Crippen molar-refractivity contribution in [3.8, 4) is 11.5 Å². The van der Waals surface area contributed by atoms with E-state index in [-0.39, 0.29) is 18.5 Å². The van der Waals surface area contributed by atoms with Gasteiger partial charge in [-0.25, -0.2) is 4.79 Å². The van der Waals surface area contributed by atoms with Crippen molar-refractivity contribution in [2.24, 2.45) is 0 Å². The van der Waals surface area contributed by atoms with Crippen LogP contribution in [0.15, 0.2) is 12.1 Å². The fraction of sp³-hybridized carbons (Fsp3) is 0.579. The zero-order chi connectivity index (χ0) is 18.1. The van der Waals surface area contributed by atoms with Crippen molar-refractivity contribution in [2.75, 3.05) is 13.2 Å². The molecular weight excluding hydrogens is 356 g/mol. The lowest BCUT2D eigenvalue weighted by Crippen LogP contribution is -2.46. The van der Waals surface area contributed by atoms with Crippen LogP contribution in [0.3, 0.4) is 0 Å². The second-order valence-corrected chi connectivity index (χ2v) is 7.68. The number of rotatable bonds is 2. The van der Waals surface area contributed by atoms with Crippen LogP contribution in [0.25, 0.3) is 0 Å². The van der Waals surface area contributed by atoms with Crippen LogP contribution in [-0.4, -0.2) is 35.6 Å². The van der Waals surface area contributed by atoms with Gasteiger partial charge in [-0.05, 0) is 30.5 Å². The number of nitrogens with one attached hydrogen (secondary N) is 1. The standard InChI is InChI=1S/C19H23ClN2O4/c20-14-10-13(11-15-16(14)26-9-5-8-25-15)12-22-17(23)19(21-18(22)24)6-3-1-2-4-7-19/h10-11H,1-9,12H2,(H,21,24). The van der Waals surface area contributed by atoms with E-state index in [4.69, 9.17) is 21.1 Å². The zero-order valence-electron chi connectivity index (χ0n) is 14.7. The van der Waals surface area contributed by atoms with Gasteiger partial charge in [-0.2, -0.15) is 0 Å². The molecule has 1 saturated carbocycles. The number of halogens is 1.